The fraction of sp³-hybridized carbons (Fsp3) is 0.632. The molecule has 3 aliphatic heterocycles. The molecule has 8 heteroatoms. The van der Waals surface area contributed by atoms with Gasteiger partial charge in [-0.15, -0.1) is 0 Å². The monoisotopic (exact) mass is 372 g/mol. The van der Waals surface area contributed by atoms with Gasteiger partial charge in [0.2, 0.25) is 11.7 Å². The summed E-state index contributed by atoms with van der Waals surface area (Å²) in [6.45, 7) is 8.73. The molecule has 1 aromatic rings. The molecule has 146 valence electrons. The lowest BCUT2D eigenvalue weighted by Gasteiger charge is -2.42. The molecule has 0 radical (unpaired) electrons. The molecule has 0 bridgehead atoms. The Kier molecular flexibility index (Phi) is 5.01. The highest BCUT2D eigenvalue weighted by Crippen LogP contribution is 2.41. The SMILES string of the molecule is CCc1nc(C2=CN=C3C(=CNN3CC)C2(CC)NC2CCOCC2)no1. The quantitative estimate of drug-likeness (QED) is 0.790. The third kappa shape index (κ3) is 3.06. The Morgan fingerprint density at radius 2 is 2.07 bits per heavy atom. The number of fused-ring (bicyclic) bond motifs is 1. The zero-order valence-electron chi connectivity index (χ0n) is 16.3. The number of aryl methyl sites for hydroxylation is 1. The number of rotatable bonds is 6. The lowest BCUT2D eigenvalue weighted by Crippen LogP contribution is -2.56. The van der Waals surface area contributed by atoms with Gasteiger partial charge in [0.15, 0.2) is 5.84 Å². The summed E-state index contributed by atoms with van der Waals surface area (Å²) < 4.78 is 11.0. The number of nitrogens with zero attached hydrogens (tertiary/aromatic N) is 4. The Morgan fingerprint density at radius 3 is 2.74 bits per heavy atom. The lowest BCUT2D eigenvalue weighted by molar-refractivity contribution is 0.0733. The second-order valence-electron chi connectivity index (χ2n) is 7.08. The molecule has 1 saturated heterocycles. The van der Waals surface area contributed by atoms with Crippen molar-refractivity contribution in [2.75, 3.05) is 19.8 Å². The number of hydrogen-bond acceptors (Lipinski definition) is 8. The molecule has 4 heterocycles. The number of nitrogens with one attached hydrogen (secondary N) is 2. The van der Waals surface area contributed by atoms with E-state index in [0.29, 0.717) is 17.8 Å². The van der Waals surface area contributed by atoms with Crippen molar-refractivity contribution in [1.82, 2.24) is 25.9 Å². The van der Waals surface area contributed by atoms with Gasteiger partial charge in [0.1, 0.15) is 0 Å². The van der Waals surface area contributed by atoms with Crippen LogP contribution in [0.15, 0.2) is 27.5 Å². The van der Waals surface area contributed by atoms with Gasteiger partial charge in [-0.2, -0.15) is 4.98 Å². The first kappa shape index (κ1) is 18.2. The van der Waals surface area contributed by atoms with E-state index in [4.69, 9.17) is 14.3 Å². The third-order valence-electron chi connectivity index (χ3n) is 5.63. The van der Waals surface area contributed by atoms with E-state index in [1.165, 1.54) is 0 Å². The molecule has 3 aliphatic rings. The molecule has 0 saturated carbocycles. The summed E-state index contributed by atoms with van der Waals surface area (Å²) in [6, 6.07) is 0.371. The van der Waals surface area contributed by atoms with E-state index in [0.717, 1.165) is 62.4 Å². The van der Waals surface area contributed by atoms with Crippen LogP contribution in [0.3, 0.4) is 0 Å². The predicted molar refractivity (Wildman–Crippen MR) is 103 cm³/mol. The second-order valence-corrected chi connectivity index (χ2v) is 7.08. The van der Waals surface area contributed by atoms with Crippen molar-refractivity contribution in [3.63, 3.8) is 0 Å². The van der Waals surface area contributed by atoms with Gasteiger partial charge in [-0.3, -0.25) is 5.01 Å². The highest BCUT2D eigenvalue weighted by atomic mass is 16.5. The van der Waals surface area contributed by atoms with E-state index in [9.17, 15) is 0 Å². The zero-order valence-corrected chi connectivity index (χ0v) is 16.3. The highest BCUT2D eigenvalue weighted by Gasteiger charge is 2.47. The topological polar surface area (TPSA) is 87.8 Å². The molecule has 1 aromatic heterocycles. The summed E-state index contributed by atoms with van der Waals surface area (Å²) in [5.74, 6) is 2.22. The van der Waals surface area contributed by atoms with Crippen LogP contribution in [-0.2, 0) is 11.2 Å². The minimum absolute atomic E-state index is 0.371. The third-order valence-corrected chi connectivity index (χ3v) is 5.63. The maximum atomic E-state index is 5.55. The fourth-order valence-electron chi connectivity index (χ4n) is 4.07. The summed E-state index contributed by atoms with van der Waals surface area (Å²) in [5, 5.41) is 10.2. The van der Waals surface area contributed by atoms with Crippen LogP contribution in [-0.4, -0.2) is 52.3 Å². The number of likely N-dealkylation sites (N-methyl/N-ethyl adjacent to an activating group) is 1. The molecule has 1 atom stereocenters. The smallest absolute Gasteiger partial charge is 0.226 e. The van der Waals surface area contributed by atoms with Crippen LogP contribution in [0.25, 0.3) is 5.57 Å². The minimum atomic E-state index is -0.412. The molecule has 4 rings (SSSR count). The van der Waals surface area contributed by atoms with Crippen LogP contribution >= 0.6 is 0 Å². The van der Waals surface area contributed by atoms with E-state index in [-0.39, 0.29) is 0 Å². The Morgan fingerprint density at radius 1 is 1.26 bits per heavy atom. The molecular weight excluding hydrogens is 344 g/mol. The maximum absolute atomic E-state index is 5.55. The van der Waals surface area contributed by atoms with Crippen molar-refractivity contribution in [2.24, 2.45) is 4.99 Å². The summed E-state index contributed by atoms with van der Waals surface area (Å²) in [5.41, 5.74) is 5.03. The predicted octanol–water partition coefficient (Wildman–Crippen LogP) is 2.03. The minimum Gasteiger partial charge on any atom is -0.381 e. The van der Waals surface area contributed by atoms with E-state index in [2.05, 4.69) is 45.9 Å². The lowest BCUT2D eigenvalue weighted by atomic mass is 9.77. The van der Waals surface area contributed by atoms with E-state index in [1.54, 1.807) is 0 Å². The standard InChI is InChI=1S/C19H28N6O2/c1-4-16-22-17(24-27-16)14-11-20-18-15(12-21-25(18)6-3)19(14,5-2)23-13-7-9-26-10-8-13/h11-13,21,23H,4-10H2,1-3H3. The average molecular weight is 372 g/mol. The number of aromatic nitrogens is 2. The number of hydrogen-bond donors (Lipinski definition) is 2. The normalized spacial score (nSPS) is 25.6. The molecule has 8 nitrogen and oxygen atoms in total. The van der Waals surface area contributed by atoms with Crippen molar-refractivity contribution < 1.29 is 9.26 Å². The first-order valence-electron chi connectivity index (χ1n) is 9.93. The first-order valence-corrected chi connectivity index (χ1v) is 9.93. The molecule has 0 amide bonds. The number of hydrazine groups is 1. The maximum Gasteiger partial charge on any atom is 0.226 e. The van der Waals surface area contributed by atoms with Crippen molar-refractivity contribution in [3.05, 3.63) is 29.7 Å². The Bertz CT molecular complexity index is 777. The summed E-state index contributed by atoms with van der Waals surface area (Å²) in [7, 11) is 0. The number of amidine groups is 1. The highest BCUT2D eigenvalue weighted by molar-refractivity contribution is 6.07. The van der Waals surface area contributed by atoms with Crippen LogP contribution in [0.5, 0.6) is 0 Å². The largest absolute Gasteiger partial charge is 0.381 e. The van der Waals surface area contributed by atoms with Crippen LogP contribution in [0.1, 0.15) is 51.7 Å². The Labute approximate surface area is 159 Å². The van der Waals surface area contributed by atoms with Gasteiger partial charge in [-0.05, 0) is 26.2 Å². The first-order chi connectivity index (χ1) is 13.2. The summed E-state index contributed by atoms with van der Waals surface area (Å²) in [4.78, 5) is 9.34. The van der Waals surface area contributed by atoms with Crippen molar-refractivity contribution in [3.8, 4) is 0 Å². The molecule has 0 spiro atoms. The molecule has 2 N–H and O–H groups in total. The fourth-order valence-corrected chi connectivity index (χ4v) is 4.07. The zero-order chi connectivity index (χ0) is 18.9. The van der Waals surface area contributed by atoms with Crippen molar-refractivity contribution >= 4 is 11.4 Å². The van der Waals surface area contributed by atoms with Crippen LogP contribution < -0.4 is 10.7 Å². The van der Waals surface area contributed by atoms with E-state index in [1.807, 2.05) is 13.1 Å². The summed E-state index contributed by atoms with van der Waals surface area (Å²) in [6.07, 6.45) is 7.53. The van der Waals surface area contributed by atoms with Gasteiger partial charge in [0, 0.05) is 55.8 Å². The van der Waals surface area contributed by atoms with E-state index >= 15 is 0 Å². The Balaban J connectivity index is 1.77. The van der Waals surface area contributed by atoms with Gasteiger partial charge >= 0.3 is 0 Å². The molecular formula is C19H28N6O2. The van der Waals surface area contributed by atoms with Crippen LogP contribution in [0.2, 0.25) is 0 Å². The van der Waals surface area contributed by atoms with Gasteiger partial charge in [-0.25, -0.2) is 4.99 Å². The molecule has 1 fully saturated rings. The van der Waals surface area contributed by atoms with Gasteiger partial charge in [-0.1, -0.05) is 19.0 Å². The molecule has 1 unspecified atom stereocenters. The van der Waals surface area contributed by atoms with Crippen LogP contribution in [0.4, 0.5) is 0 Å². The molecule has 0 aromatic carbocycles. The number of aliphatic imine (C=N–C) groups is 1. The van der Waals surface area contributed by atoms with E-state index < -0.39 is 5.54 Å². The Hall–Kier alpha value is -2.19. The van der Waals surface area contributed by atoms with Crippen molar-refractivity contribution in [1.29, 1.82) is 0 Å². The van der Waals surface area contributed by atoms with Gasteiger partial charge in [0.05, 0.1) is 5.54 Å². The molecule has 0 aliphatic carbocycles. The number of ether oxygens (including phenoxy) is 1. The van der Waals surface area contributed by atoms with Gasteiger partial charge < -0.3 is 20.0 Å². The average Bonchev–Trinajstić information content (AvgIpc) is 3.35. The van der Waals surface area contributed by atoms with Crippen LogP contribution in [0, 0.1) is 0 Å². The van der Waals surface area contributed by atoms with Gasteiger partial charge in [0.25, 0.3) is 0 Å². The molecule has 27 heavy (non-hydrogen) atoms. The summed E-state index contributed by atoms with van der Waals surface area (Å²) >= 11 is 0. The van der Waals surface area contributed by atoms with Crippen molar-refractivity contribution in [2.45, 2.75) is 58.0 Å². The second kappa shape index (κ2) is 7.44.